The summed E-state index contributed by atoms with van der Waals surface area (Å²) >= 11 is 0. The molecule has 20 heavy (non-hydrogen) atoms. The normalized spacial score (nSPS) is 19.1. The molecule has 0 radical (unpaired) electrons. The Morgan fingerprint density at radius 2 is 2.25 bits per heavy atom. The Labute approximate surface area is 117 Å². The van der Waals surface area contributed by atoms with Crippen LogP contribution in [0.5, 0.6) is 0 Å². The molecule has 1 saturated carbocycles. The Morgan fingerprint density at radius 3 is 3.10 bits per heavy atom. The number of hydrogen-bond acceptors (Lipinski definition) is 6. The number of aryl methyl sites for hydroxylation is 1. The first-order valence-electron chi connectivity index (χ1n) is 7.14. The van der Waals surface area contributed by atoms with Gasteiger partial charge in [-0.15, -0.1) is 10.2 Å². The van der Waals surface area contributed by atoms with E-state index in [1.165, 1.54) is 18.4 Å². The van der Waals surface area contributed by atoms with Gasteiger partial charge in [-0.3, -0.25) is 4.90 Å². The van der Waals surface area contributed by atoms with Crippen LogP contribution in [0.15, 0.2) is 10.6 Å². The van der Waals surface area contributed by atoms with Crippen LogP contribution in [0, 0.1) is 6.92 Å². The molecule has 104 valence electrons. The third kappa shape index (κ3) is 2.31. The first-order chi connectivity index (χ1) is 9.78. The van der Waals surface area contributed by atoms with E-state index in [1.54, 1.807) is 0 Å². The van der Waals surface area contributed by atoms with Gasteiger partial charge >= 0.3 is 0 Å². The fourth-order valence-corrected chi connectivity index (χ4v) is 2.61. The molecule has 0 N–H and O–H groups in total. The average molecular weight is 271 g/mol. The molecule has 1 fully saturated rings. The van der Waals surface area contributed by atoms with E-state index in [1.807, 2.05) is 13.1 Å². The zero-order valence-corrected chi connectivity index (χ0v) is 11.5. The minimum absolute atomic E-state index is 0.522. The summed E-state index contributed by atoms with van der Waals surface area (Å²) < 4.78 is 5.73. The van der Waals surface area contributed by atoms with E-state index >= 15 is 0 Å². The molecule has 0 bridgehead atoms. The third-order valence-electron chi connectivity index (χ3n) is 3.91. The van der Waals surface area contributed by atoms with Gasteiger partial charge < -0.3 is 4.42 Å². The third-order valence-corrected chi connectivity index (χ3v) is 3.91. The van der Waals surface area contributed by atoms with Gasteiger partial charge in [0.25, 0.3) is 0 Å². The van der Waals surface area contributed by atoms with Crippen molar-refractivity contribution in [3.8, 4) is 0 Å². The van der Waals surface area contributed by atoms with Gasteiger partial charge in [-0.25, -0.2) is 9.97 Å². The zero-order chi connectivity index (χ0) is 13.5. The molecule has 0 spiro atoms. The van der Waals surface area contributed by atoms with Gasteiger partial charge in [-0.05, 0) is 31.7 Å². The zero-order valence-electron chi connectivity index (χ0n) is 11.5. The van der Waals surface area contributed by atoms with Gasteiger partial charge in [0.2, 0.25) is 11.8 Å². The summed E-state index contributed by atoms with van der Waals surface area (Å²) in [7, 11) is 0. The van der Waals surface area contributed by atoms with E-state index < -0.39 is 0 Å². The van der Waals surface area contributed by atoms with Crippen LogP contribution in [0.25, 0.3) is 0 Å². The fraction of sp³-hybridized carbons (Fsp3) is 0.571. The van der Waals surface area contributed by atoms with E-state index in [4.69, 9.17) is 4.42 Å². The molecule has 3 heterocycles. The molecule has 0 amide bonds. The van der Waals surface area contributed by atoms with Crippen molar-refractivity contribution in [3.63, 3.8) is 0 Å². The lowest BCUT2D eigenvalue weighted by atomic mass is 10.1. The summed E-state index contributed by atoms with van der Waals surface area (Å²) in [5, 5.41) is 8.29. The van der Waals surface area contributed by atoms with E-state index in [-0.39, 0.29) is 0 Å². The predicted octanol–water partition coefficient (Wildman–Crippen LogP) is 1.60. The van der Waals surface area contributed by atoms with Crippen LogP contribution in [0.2, 0.25) is 0 Å². The second kappa shape index (κ2) is 4.63. The van der Waals surface area contributed by atoms with Crippen molar-refractivity contribution in [3.05, 3.63) is 35.1 Å². The van der Waals surface area contributed by atoms with Crippen LogP contribution in [0.3, 0.4) is 0 Å². The maximum atomic E-state index is 5.73. The van der Waals surface area contributed by atoms with Gasteiger partial charge in [-0.2, -0.15) is 0 Å². The number of rotatable bonds is 3. The Hall–Kier alpha value is -1.82. The van der Waals surface area contributed by atoms with Crippen molar-refractivity contribution in [2.24, 2.45) is 0 Å². The molecule has 2 aliphatic rings. The molecule has 1 aliphatic heterocycles. The Balaban J connectivity index is 1.47. The molecule has 0 unspecified atom stereocenters. The molecule has 0 aromatic carbocycles. The van der Waals surface area contributed by atoms with Crippen molar-refractivity contribution in [2.75, 3.05) is 6.54 Å². The Bertz CT molecular complexity index is 634. The molecule has 2 aromatic rings. The van der Waals surface area contributed by atoms with Crippen molar-refractivity contribution < 1.29 is 4.42 Å². The van der Waals surface area contributed by atoms with Gasteiger partial charge in [0.05, 0.1) is 12.2 Å². The highest BCUT2D eigenvalue weighted by molar-refractivity contribution is 5.20. The highest BCUT2D eigenvalue weighted by atomic mass is 16.4. The maximum absolute atomic E-state index is 5.73. The average Bonchev–Trinajstić information content (AvgIpc) is 3.19. The topological polar surface area (TPSA) is 67.9 Å². The first kappa shape index (κ1) is 12.0. The van der Waals surface area contributed by atoms with Crippen LogP contribution in [0.1, 0.15) is 47.6 Å². The molecule has 4 rings (SSSR count). The summed E-state index contributed by atoms with van der Waals surface area (Å²) in [5.74, 6) is 2.89. The summed E-state index contributed by atoms with van der Waals surface area (Å²) in [6, 6.07) is 0. The number of fused-ring (bicyclic) bond motifs is 1. The summed E-state index contributed by atoms with van der Waals surface area (Å²) in [6.45, 7) is 4.46. The van der Waals surface area contributed by atoms with Crippen molar-refractivity contribution in [1.82, 2.24) is 25.1 Å². The largest absolute Gasteiger partial charge is 0.424 e. The summed E-state index contributed by atoms with van der Waals surface area (Å²) in [5.41, 5.74) is 2.39. The van der Waals surface area contributed by atoms with Crippen LogP contribution in [0.4, 0.5) is 0 Å². The molecule has 1 aliphatic carbocycles. The molecule has 0 atom stereocenters. The predicted molar refractivity (Wildman–Crippen MR) is 70.9 cm³/mol. The standard InChI is InChI=1S/C14H17N5O/c1-9-15-6-11-4-5-19(7-12(11)16-9)8-13-17-18-14(20-13)10-2-3-10/h6,10H,2-5,7-8H2,1H3. The molecule has 2 aromatic heterocycles. The molecular weight excluding hydrogens is 254 g/mol. The van der Waals surface area contributed by atoms with E-state index in [2.05, 4.69) is 25.1 Å². The van der Waals surface area contributed by atoms with Crippen LogP contribution < -0.4 is 0 Å². The fourth-order valence-electron chi connectivity index (χ4n) is 2.61. The monoisotopic (exact) mass is 271 g/mol. The van der Waals surface area contributed by atoms with Gasteiger partial charge in [-0.1, -0.05) is 0 Å². The lowest BCUT2D eigenvalue weighted by molar-refractivity contribution is 0.215. The van der Waals surface area contributed by atoms with E-state index in [0.717, 1.165) is 42.8 Å². The maximum Gasteiger partial charge on any atom is 0.230 e. The highest BCUT2D eigenvalue weighted by Gasteiger charge is 2.29. The molecular formula is C14H17N5O. The summed E-state index contributed by atoms with van der Waals surface area (Å²) in [6.07, 6.45) is 5.32. The van der Waals surface area contributed by atoms with Crippen LogP contribution >= 0.6 is 0 Å². The van der Waals surface area contributed by atoms with Crippen molar-refractivity contribution >= 4 is 0 Å². The van der Waals surface area contributed by atoms with Gasteiger partial charge in [0.1, 0.15) is 5.82 Å². The SMILES string of the molecule is Cc1ncc2c(n1)CN(Cc1nnc(C3CC3)o1)CC2. The number of nitrogens with zero attached hydrogens (tertiary/aromatic N) is 5. The summed E-state index contributed by atoms with van der Waals surface area (Å²) in [4.78, 5) is 11.1. The van der Waals surface area contributed by atoms with E-state index in [9.17, 15) is 0 Å². The first-order valence-corrected chi connectivity index (χ1v) is 7.14. The molecule has 6 heteroatoms. The number of aromatic nitrogens is 4. The van der Waals surface area contributed by atoms with Gasteiger partial charge in [0.15, 0.2) is 0 Å². The second-order valence-corrected chi connectivity index (χ2v) is 5.66. The lowest BCUT2D eigenvalue weighted by Crippen LogP contribution is -2.31. The highest BCUT2D eigenvalue weighted by Crippen LogP contribution is 2.39. The van der Waals surface area contributed by atoms with E-state index in [0.29, 0.717) is 12.5 Å². The Morgan fingerprint density at radius 1 is 1.35 bits per heavy atom. The van der Waals surface area contributed by atoms with Crippen molar-refractivity contribution in [2.45, 2.75) is 45.2 Å². The molecule has 6 nitrogen and oxygen atoms in total. The quantitative estimate of drug-likeness (QED) is 0.844. The Kier molecular flexibility index (Phi) is 2.77. The number of hydrogen-bond donors (Lipinski definition) is 0. The minimum Gasteiger partial charge on any atom is -0.424 e. The smallest absolute Gasteiger partial charge is 0.230 e. The van der Waals surface area contributed by atoms with Crippen molar-refractivity contribution in [1.29, 1.82) is 0 Å². The molecule has 0 saturated heterocycles. The minimum atomic E-state index is 0.522. The second-order valence-electron chi connectivity index (χ2n) is 5.66. The lowest BCUT2D eigenvalue weighted by Gasteiger charge is -2.26. The van der Waals surface area contributed by atoms with Gasteiger partial charge in [0, 0.05) is 25.2 Å². The van der Waals surface area contributed by atoms with Crippen LogP contribution in [-0.2, 0) is 19.5 Å². The van der Waals surface area contributed by atoms with Crippen LogP contribution in [-0.4, -0.2) is 31.6 Å².